The van der Waals surface area contributed by atoms with Crippen LogP contribution in [0.15, 0.2) is 42.9 Å². The van der Waals surface area contributed by atoms with Crippen molar-refractivity contribution in [1.82, 2.24) is 24.9 Å². The third kappa shape index (κ3) is 6.24. The summed E-state index contributed by atoms with van der Waals surface area (Å²) in [5.74, 6) is -0.0925. The van der Waals surface area contributed by atoms with Gasteiger partial charge in [0, 0.05) is 17.7 Å². The number of aliphatic hydroxyl groups is 1. The lowest BCUT2D eigenvalue weighted by molar-refractivity contribution is -0.0431. The van der Waals surface area contributed by atoms with Crippen LogP contribution in [-0.4, -0.2) is 68.1 Å². The first-order chi connectivity index (χ1) is 20.7. The fourth-order valence-electron chi connectivity index (χ4n) is 4.45. The molecule has 2 aromatic carbocycles. The molecule has 0 radical (unpaired) electrons. The van der Waals surface area contributed by atoms with E-state index in [0.29, 0.717) is 46.0 Å². The molecule has 0 aliphatic heterocycles. The smallest absolute Gasteiger partial charge is 0.412 e. The molecule has 1 saturated carbocycles. The first-order valence-corrected chi connectivity index (χ1v) is 14.3. The molecule has 3 atom stereocenters. The summed E-state index contributed by atoms with van der Waals surface area (Å²) in [6, 6.07) is 6.92. The quantitative estimate of drug-likeness (QED) is 0.231. The summed E-state index contributed by atoms with van der Waals surface area (Å²) in [4.78, 5) is 34.1. The molecule has 2 N–H and O–H groups in total. The zero-order chi connectivity index (χ0) is 30.1. The number of carbonyl (C=O) groups is 1. The minimum atomic E-state index is -0.714. The van der Waals surface area contributed by atoms with E-state index in [2.05, 4.69) is 30.2 Å². The van der Waals surface area contributed by atoms with Crippen LogP contribution in [-0.2, 0) is 4.74 Å². The van der Waals surface area contributed by atoms with Crippen molar-refractivity contribution in [2.24, 2.45) is 0 Å². The van der Waals surface area contributed by atoms with Crippen LogP contribution in [0.25, 0.3) is 31.8 Å². The molecule has 43 heavy (non-hydrogen) atoms. The van der Waals surface area contributed by atoms with E-state index in [1.54, 1.807) is 19.2 Å². The highest BCUT2D eigenvalue weighted by Crippen LogP contribution is 2.38. The topological polar surface area (TPSA) is 151 Å². The van der Waals surface area contributed by atoms with Gasteiger partial charge < -0.3 is 24.1 Å². The Hall–Kier alpha value is -4.69. The number of thiazole rings is 1. The van der Waals surface area contributed by atoms with E-state index in [4.69, 9.17) is 18.9 Å². The van der Waals surface area contributed by atoms with Gasteiger partial charge in [-0.25, -0.2) is 34.1 Å². The van der Waals surface area contributed by atoms with Gasteiger partial charge in [-0.15, -0.1) is 11.3 Å². The van der Waals surface area contributed by atoms with E-state index in [1.807, 2.05) is 19.1 Å². The minimum Gasteiger partial charge on any atom is -0.483 e. The van der Waals surface area contributed by atoms with Crippen molar-refractivity contribution in [2.45, 2.75) is 45.0 Å². The van der Waals surface area contributed by atoms with Crippen molar-refractivity contribution in [3.8, 4) is 28.2 Å². The van der Waals surface area contributed by atoms with Crippen LogP contribution in [0.4, 0.5) is 14.9 Å². The Balaban J connectivity index is 1.13. The Bertz CT molecular complexity index is 1800. The summed E-state index contributed by atoms with van der Waals surface area (Å²) in [6.07, 6.45) is 2.99. The van der Waals surface area contributed by atoms with E-state index in [0.717, 1.165) is 15.8 Å². The van der Waals surface area contributed by atoms with E-state index in [9.17, 15) is 9.90 Å². The molecular formula is C29H27FN6O6S. The van der Waals surface area contributed by atoms with Crippen molar-refractivity contribution in [3.05, 3.63) is 54.2 Å². The van der Waals surface area contributed by atoms with E-state index >= 15 is 4.39 Å². The lowest BCUT2D eigenvalue weighted by Crippen LogP contribution is -2.45. The number of aryl methyl sites for hydroxylation is 1. The maximum absolute atomic E-state index is 15.1. The van der Waals surface area contributed by atoms with Crippen LogP contribution >= 0.6 is 11.3 Å². The Labute approximate surface area is 248 Å². The van der Waals surface area contributed by atoms with Crippen molar-refractivity contribution >= 4 is 44.4 Å². The van der Waals surface area contributed by atoms with Gasteiger partial charge in [-0.2, -0.15) is 0 Å². The van der Waals surface area contributed by atoms with Gasteiger partial charge in [0.15, 0.2) is 11.6 Å². The highest BCUT2D eigenvalue weighted by atomic mass is 32.1. The zero-order valence-electron chi connectivity index (χ0n) is 23.4. The van der Waals surface area contributed by atoms with Gasteiger partial charge >= 0.3 is 12.1 Å². The predicted octanol–water partition coefficient (Wildman–Crippen LogP) is 5.07. The SMILES string of the molecule is COc1cnc2c(-c3nc4cc(F)c(OC5CCC5OC(=O)Nc5cnc(OCC(C)O)nc5)cc4s3)cc(C)cc2n1. The summed E-state index contributed by atoms with van der Waals surface area (Å²) >= 11 is 1.39. The van der Waals surface area contributed by atoms with Crippen LogP contribution in [0.5, 0.6) is 17.6 Å². The second-order valence-corrected chi connectivity index (χ2v) is 11.1. The Morgan fingerprint density at radius 3 is 2.60 bits per heavy atom. The van der Waals surface area contributed by atoms with Gasteiger partial charge in [0.2, 0.25) is 5.88 Å². The van der Waals surface area contributed by atoms with Gasteiger partial charge in [-0.1, -0.05) is 0 Å². The maximum atomic E-state index is 15.1. The Morgan fingerprint density at radius 1 is 1.09 bits per heavy atom. The van der Waals surface area contributed by atoms with Crippen molar-refractivity contribution < 1.29 is 33.2 Å². The molecule has 3 aromatic heterocycles. The van der Waals surface area contributed by atoms with Gasteiger partial charge in [0.05, 0.1) is 58.7 Å². The number of nitrogens with one attached hydrogen (secondary N) is 1. The van der Waals surface area contributed by atoms with Crippen molar-refractivity contribution in [2.75, 3.05) is 19.0 Å². The highest BCUT2D eigenvalue weighted by molar-refractivity contribution is 7.21. The van der Waals surface area contributed by atoms with E-state index in [1.165, 1.54) is 36.9 Å². The van der Waals surface area contributed by atoms with Gasteiger partial charge in [0.1, 0.15) is 23.8 Å². The molecule has 0 spiro atoms. The molecule has 1 aliphatic carbocycles. The van der Waals surface area contributed by atoms with Crippen LogP contribution in [0.2, 0.25) is 0 Å². The second-order valence-electron chi connectivity index (χ2n) is 10.1. The van der Waals surface area contributed by atoms with Crippen LogP contribution in [0, 0.1) is 12.7 Å². The normalized spacial score (nSPS) is 16.9. The number of rotatable bonds is 9. The highest BCUT2D eigenvalue weighted by Gasteiger charge is 2.37. The molecule has 1 amide bonds. The average Bonchev–Trinajstić information content (AvgIpc) is 3.39. The summed E-state index contributed by atoms with van der Waals surface area (Å²) < 4.78 is 37.7. The number of anilines is 1. The minimum absolute atomic E-state index is 0.0463. The lowest BCUT2D eigenvalue weighted by Gasteiger charge is -2.35. The number of hydrogen-bond acceptors (Lipinski definition) is 12. The van der Waals surface area contributed by atoms with Crippen molar-refractivity contribution in [1.29, 1.82) is 0 Å². The maximum Gasteiger partial charge on any atom is 0.412 e. The zero-order valence-corrected chi connectivity index (χ0v) is 24.2. The Morgan fingerprint density at radius 2 is 1.88 bits per heavy atom. The number of halogens is 1. The Kier molecular flexibility index (Phi) is 7.86. The van der Waals surface area contributed by atoms with Crippen LogP contribution in [0.1, 0.15) is 25.3 Å². The number of benzene rings is 2. The predicted molar refractivity (Wildman–Crippen MR) is 156 cm³/mol. The number of fused-ring (bicyclic) bond motifs is 2. The molecule has 14 heteroatoms. The van der Waals surface area contributed by atoms with E-state index in [-0.39, 0.29) is 18.4 Å². The summed E-state index contributed by atoms with van der Waals surface area (Å²) in [5, 5.41) is 12.5. The van der Waals surface area contributed by atoms with Crippen LogP contribution < -0.4 is 19.5 Å². The van der Waals surface area contributed by atoms with Gasteiger partial charge in [0.25, 0.3) is 0 Å². The molecule has 3 unspecified atom stereocenters. The number of ether oxygens (including phenoxy) is 4. The molecular weight excluding hydrogens is 579 g/mol. The van der Waals surface area contributed by atoms with Gasteiger partial charge in [-0.3, -0.25) is 5.32 Å². The number of hydrogen-bond donors (Lipinski definition) is 2. The number of amides is 1. The average molecular weight is 607 g/mol. The van der Waals surface area contributed by atoms with Gasteiger partial charge in [-0.05, 0) is 44.4 Å². The standard InChI is InChI=1S/C29H27FN6O6S/c1-14-6-17(26-20(7-14)35-25(39-3)12-31-26)27-36-19-8-18(30)23(9-24(19)43-27)41-21-4-5-22(21)42-29(38)34-16-10-32-28(33-11-16)40-13-15(2)37/h6-12,15,21-22,37H,4-5,13H2,1-3H3,(H,34,38). The molecule has 0 saturated heterocycles. The number of carbonyl (C=O) groups excluding carboxylic acids is 1. The molecule has 1 aliphatic rings. The molecule has 0 bridgehead atoms. The monoisotopic (exact) mass is 606 g/mol. The summed E-state index contributed by atoms with van der Waals surface area (Å²) in [6.45, 7) is 3.58. The number of methoxy groups -OCH3 is 1. The number of aliphatic hydroxyl groups excluding tert-OH is 1. The van der Waals surface area contributed by atoms with Crippen molar-refractivity contribution in [3.63, 3.8) is 0 Å². The fourth-order valence-corrected chi connectivity index (χ4v) is 5.44. The third-order valence-electron chi connectivity index (χ3n) is 6.67. The van der Waals surface area contributed by atoms with E-state index < -0.39 is 30.2 Å². The first kappa shape index (κ1) is 28.4. The second kappa shape index (κ2) is 11.9. The fraction of sp³-hybridized carbons (Fsp3) is 0.310. The van der Waals surface area contributed by atoms with Crippen LogP contribution in [0.3, 0.4) is 0 Å². The largest absolute Gasteiger partial charge is 0.483 e. The molecule has 12 nitrogen and oxygen atoms in total. The molecule has 6 rings (SSSR count). The molecule has 5 aromatic rings. The third-order valence-corrected chi connectivity index (χ3v) is 7.72. The lowest BCUT2D eigenvalue weighted by atomic mass is 9.92. The number of aromatic nitrogens is 5. The molecule has 1 fully saturated rings. The molecule has 3 heterocycles. The summed E-state index contributed by atoms with van der Waals surface area (Å²) in [5.41, 5.74) is 3.91. The first-order valence-electron chi connectivity index (χ1n) is 13.4. The summed E-state index contributed by atoms with van der Waals surface area (Å²) in [7, 11) is 1.54. The molecule has 222 valence electrons. The number of nitrogens with zero attached hydrogens (tertiary/aromatic N) is 5.